The summed E-state index contributed by atoms with van der Waals surface area (Å²) in [4.78, 5) is 14.0. The molecule has 1 aliphatic heterocycles. The van der Waals surface area contributed by atoms with E-state index in [9.17, 15) is 0 Å². The SMILES string of the molecule is CCNc1ncnc(N2CCN(C3CCCC3)CC2)c1C. The Morgan fingerprint density at radius 2 is 1.86 bits per heavy atom. The smallest absolute Gasteiger partial charge is 0.137 e. The van der Waals surface area contributed by atoms with Crippen LogP contribution in [0.5, 0.6) is 0 Å². The molecule has 1 saturated carbocycles. The van der Waals surface area contributed by atoms with E-state index in [1.165, 1.54) is 44.3 Å². The molecule has 1 N–H and O–H groups in total. The van der Waals surface area contributed by atoms with Crippen LogP contribution in [0.1, 0.15) is 38.2 Å². The van der Waals surface area contributed by atoms with Crippen LogP contribution in [0.4, 0.5) is 11.6 Å². The summed E-state index contributed by atoms with van der Waals surface area (Å²) in [6.45, 7) is 9.63. The zero-order chi connectivity index (χ0) is 14.7. The van der Waals surface area contributed by atoms with Gasteiger partial charge in [0, 0.05) is 44.3 Å². The van der Waals surface area contributed by atoms with Crippen molar-refractivity contribution in [2.24, 2.45) is 0 Å². The van der Waals surface area contributed by atoms with Crippen LogP contribution in [0.3, 0.4) is 0 Å². The molecule has 0 bridgehead atoms. The number of aromatic nitrogens is 2. The number of anilines is 2. The van der Waals surface area contributed by atoms with Gasteiger partial charge in [-0.1, -0.05) is 12.8 Å². The molecule has 1 saturated heterocycles. The first-order chi connectivity index (χ1) is 10.3. The van der Waals surface area contributed by atoms with E-state index in [4.69, 9.17) is 0 Å². The van der Waals surface area contributed by atoms with E-state index in [2.05, 4.69) is 38.9 Å². The molecule has 5 heteroatoms. The summed E-state index contributed by atoms with van der Waals surface area (Å²) in [7, 11) is 0. The third kappa shape index (κ3) is 3.12. The summed E-state index contributed by atoms with van der Waals surface area (Å²) in [6, 6.07) is 0.843. The average Bonchev–Trinajstić information content (AvgIpc) is 3.04. The second kappa shape index (κ2) is 6.60. The van der Waals surface area contributed by atoms with Crippen molar-refractivity contribution in [3.8, 4) is 0 Å². The van der Waals surface area contributed by atoms with Crippen LogP contribution >= 0.6 is 0 Å². The summed E-state index contributed by atoms with van der Waals surface area (Å²) in [5.74, 6) is 2.08. The van der Waals surface area contributed by atoms with Gasteiger partial charge in [-0.3, -0.25) is 4.90 Å². The van der Waals surface area contributed by atoms with Crippen LogP contribution in [0.15, 0.2) is 6.33 Å². The minimum absolute atomic E-state index is 0.843. The lowest BCUT2D eigenvalue weighted by molar-refractivity contribution is 0.187. The lowest BCUT2D eigenvalue weighted by Crippen LogP contribution is -2.50. The highest BCUT2D eigenvalue weighted by Gasteiger charge is 2.27. The van der Waals surface area contributed by atoms with E-state index in [0.717, 1.165) is 37.3 Å². The number of nitrogens with zero attached hydrogens (tertiary/aromatic N) is 4. The Bertz CT molecular complexity index is 462. The molecule has 116 valence electrons. The largest absolute Gasteiger partial charge is 0.370 e. The van der Waals surface area contributed by atoms with E-state index in [-0.39, 0.29) is 0 Å². The lowest BCUT2D eigenvalue weighted by atomic mass is 10.1. The van der Waals surface area contributed by atoms with Gasteiger partial charge in [-0.05, 0) is 26.7 Å². The molecule has 2 aliphatic rings. The molecule has 0 spiro atoms. The molecule has 0 unspecified atom stereocenters. The third-order valence-corrected chi connectivity index (χ3v) is 4.86. The van der Waals surface area contributed by atoms with Crippen LogP contribution in [-0.4, -0.2) is 53.6 Å². The van der Waals surface area contributed by atoms with Crippen molar-refractivity contribution < 1.29 is 0 Å². The molecular formula is C16H27N5. The Labute approximate surface area is 127 Å². The zero-order valence-electron chi connectivity index (χ0n) is 13.3. The zero-order valence-corrected chi connectivity index (χ0v) is 13.3. The van der Waals surface area contributed by atoms with Crippen molar-refractivity contribution in [1.29, 1.82) is 0 Å². The summed E-state index contributed by atoms with van der Waals surface area (Å²) in [5, 5.41) is 3.32. The molecule has 0 aromatic carbocycles. The fraction of sp³-hybridized carbons (Fsp3) is 0.750. The van der Waals surface area contributed by atoms with Crippen molar-refractivity contribution in [1.82, 2.24) is 14.9 Å². The van der Waals surface area contributed by atoms with Crippen LogP contribution < -0.4 is 10.2 Å². The molecule has 3 rings (SSSR count). The van der Waals surface area contributed by atoms with Crippen LogP contribution in [0.25, 0.3) is 0 Å². The van der Waals surface area contributed by atoms with Crippen molar-refractivity contribution in [3.05, 3.63) is 11.9 Å². The normalized spacial score (nSPS) is 21.0. The van der Waals surface area contributed by atoms with Gasteiger partial charge in [0.05, 0.1) is 0 Å². The van der Waals surface area contributed by atoms with Gasteiger partial charge >= 0.3 is 0 Å². The number of hydrogen-bond acceptors (Lipinski definition) is 5. The van der Waals surface area contributed by atoms with E-state index in [1.54, 1.807) is 6.33 Å². The van der Waals surface area contributed by atoms with Gasteiger partial charge in [0.1, 0.15) is 18.0 Å². The average molecular weight is 289 g/mol. The molecule has 5 nitrogen and oxygen atoms in total. The Balaban J connectivity index is 1.65. The van der Waals surface area contributed by atoms with Crippen LogP contribution in [-0.2, 0) is 0 Å². The Hall–Kier alpha value is -1.36. The highest BCUT2D eigenvalue weighted by Crippen LogP contribution is 2.27. The van der Waals surface area contributed by atoms with Gasteiger partial charge in [-0.25, -0.2) is 9.97 Å². The number of nitrogens with one attached hydrogen (secondary N) is 1. The first-order valence-electron chi connectivity index (χ1n) is 8.34. The fourth-order valence-corrected chi connectivity index (χ4v) is 3.67. The maximum atomic E-state index is 4.52. The molecule has 1 aliphatic carbocycles. The number of piperazine rings is 1. The van der Waals surface area contributed by atoms with E-state index < -0.39 is 0 Å². The van der Waals surface area contributed by atoms with Crippen molar-refractivity contribution >= 4 is 11.6 Å². The van der Waals surface area contributed by atoms with Crippen molar-refractivity contribution in [3.63, 3.8) is 0 Å². The second-order valence-electron chi connectivity index (χ2n) is 6.16. The van der Waals surface area contributed by atoms with Gasteiger partial charge < -0.3 is 10.2 Å². The Morgan fingerprint density at radius 3 is 2.52 bits per heavy atom. The molecule has 1 aromatic rings. The van der Waals surface area contributed by atoms with E-state index >= 15 is 0 Å². The van der Waals surface area contributed by atoms with Gasteiger partial charge in [0.25, 0.3) is 0 Å². The molecule has 21 heavy (non-hydrogen) atoms. The predicted octanol–water partition coefficient (Wildman–Crippen LogP) is 2.28. The van der Waals surface area contributed by atoms with Gasteiger partial charge in [-0.15, -0.1) is 0 Å². The highest BCUT2D eigenvalue weighted by molar-refractivity contribution is 5.58. The van der Waals surface area contributed by atoms with E-state index in [0.29, 0.717) is 0 Å². The predicted molar refractivity (Wildman–Crippen MR) is 87.0 cm³/mol. The molecule has 0 radical (unpaired) electrons. The monoisotopic (exact) mass is 289 g/mol. The summed E-state index contributed by atoms with van der Waals surface area (Å²) >= 11 is 0. The summed E-state index contributed by atoms with van der Waals surface area (Å²) in [5.41, 5.74) is 1.17. The van der Waals surface area contributed by atoms with Crippen LogP contribution in [0.2, 0.25) is 0 Å². The maximum absolute atomic E-state index is 4.52. The van der Waals surface area contributed by atoms with Crippen molar-refractivity contribution in [2.45, 2.75) is 45.6 Å². The molecule has 1 aromatic heterocycles. The fourth-order valence-electron chi connectivity index (χ4n) is 3.67. The van der Waals surface area contributed by atoms with Gasteiger partial charge in [0.2, 0.25) is 0 Å². The third-order valence-electron chi connectivity index (χ3n) is 4.86. The molecule has 0 amide bonds. The van der Waals surface area contributed by atoms with E-state index in [1.807, 2.05) is 0 Å². The minimum Gasteiger partial charge on any atom is -0.370 e. The molecular weight excluding hydrogens is 262 g/mol. The minimum atomic E-state index is 0.843. The Kier molecular flexibility index (Phi) is 4.58. The second-order valence-corrected chi connectivity index (χ2v) is 6.16. The molecule has 0 atom stereocenters. The van der Waals surface area contributed by atoms with Gasteiger partial charge in [-0.2, -0.15) is 0 Å². The standard InChI is InChI=1S/C16H27N5/c1-3-17-15-13(2)16(19-12-18-15)21-10-8-20(9-11-21)14-6-4-5-7-14/h12,14H,3-11H2,1-2H3,(H,17,18,19). The molecule has 2 fully saturated rings. The molecule has 2 heterocycles. The number of hydrogen-bond donors (Lipinski definition) is 1. The van der Waals surface area contributed by atoms with Crippen molar-refractivity contribution in [2.75, 3.05) is 42.9 Å². The number of rotatable bonds is 4. The quantitative estimate of drug-likeness (QED) is 0.921. The summed E-state index contributed by atoms with van der Waals surface area (Å²) in [6.07, 6.45) is 7.32. The topological polar surface area (TPSA) is 44.3 Å². The first kappa shape index (κ1) is 14.6. The first-order valence-corrected chi connectivity index (χ1v) is 8.34. The Morgan fingerprint density at radius 1 is 1.14 bits per heavy atom. The van der Waals surface area contributed by atoms with Gasteiger partial charge in [0.15, 0.2) is 0 Å². The lowest BCUT2D eigenvalue weighted by Gasteiger charge is -2.39. The summed E-state index contributed by atoms with van der Waals surface area (Å²) < 4.78 is 0. The van der Waals surface area contributed by atoms with Crippen LogP contribution in [0, 0.1) is 6.92 Å². The highest BCUT2D eigenvalue weighted by atomic mass is 15.3. The maximum Gasteiger partial charge on any atom is 0.137 e.